The lowest BCUT2D eigenvalue weighted by molar-refractivity contribution is 0.229. The van der Waals surface area contributed by atoms with Crippen LogP contribution in [0.2, 0.25) is 0 Å². The highest BCUT2D eigenvalue weighted by Crippen LogP contribution is 2.37. The second-order valence-corrected chi connectivity index (χ2v) is 6.42. The Labute approximate surface area is 143 Å². The van der Waals surface area contributed by atoms with Crippen LogP contribution in [0.25, 0.3) is 10.7 Å². The lowest BCUT2D eigenvalue weighted by Gasteiger charge is -2.34. The van der Waals surface area contributed by atoms with Gasteiger partial charge in [-0.1, -0.05) is 11.2 Å². The zero-order valence-electron chi connectivity index (χ0n) is 12.3. The predicted molar refractivity (Wildman–Crippen MR) is 89.4 cm³/mol. The van der Waals surface area contributed by atoms with Gasteiger partial charge < -0.3 is 10.3 Å². The largest absolute Gasteiger partial charge is 0.339 e. The minimum atomic E-state index is -0.386. The van der Waals surface area contributed by atoms with Crippen LogP contribution < -0.4 is 5.73 Å². The summed E-state index contributed by atoms with van der Waals surface area (Å²) in [5.41, 5.74) is 7.60. The minimum absolute atomic E-state index is 0. The van der Waals surface area contributed by atoms with E-state index in [0.717, 1.165) is 35.7 Å². The van der Waals surface area contributed by atoms with E-state index in [1.54, 1.807) is 17.5 Å². The summed E-state index contributed by atoms with van der Waals surface area (Å²) in [7, 11) is 0. The molecule has 4 rings (SSSR count). The van der Waals surface area contributed by atoms with Gasteiger partial charge in [-0.15, -0.1) is 23.7 Å². The van der Waals surface area contributed by atoms with Crippen LogP contribution in [-0.4, -0.2) is 20.1 Å². The summed E-state index contributed by atoms with van der Waals surface area (Å²) in [5, 5.41) is 6.91. The molecule has 120 valence electrons. The molecule has 0 radical (unpaired) electrons. The third-order valence-electron chi connectivity index (χ3n) is 3.93. The second-order valence-electron chi connectivity index (χ2n) is 5.56. The van der Waals surface area contributed by atoms with Gasteiger partial charge in [0, 0.05) is 11.6 Å². The smallest absolute Gasteiger partial charge is 0.232 e. The first kappa shape index (κ1) is 16.0. The number of nitrogens with zero attached hydrogens (tertiary/aromatic N) is 4. The van der Waals surface area contributed by atoms with Crippen LogP contribution in [0.1, 0.15) is 36.7 Å². The Balaban J connectivity index is 0.00000156. The van der Waals surface area contributed by atoms with Crippen LogP contribution in [0.3, 0.4) is 0 Å². The minimum Gasteiger partial charge on any atom is -0.339 e. The number of halogens is 1. The molecular formula is C15H16ClN5OS. The molecule has 0 amide bonds. The number of hydrogen-bond donors (Lipinski definition) is 1. The summed E-state index contributed by atoms with van der Waals surface area (Å²) in [6.07, 6.45) is 5.26. The normalized spacial score (nSPS) is 15.7. The van der Waals surface area contributed by atoms with E-state index >= 15 is 0 Å². The van der Waals surface area contributed by atoms with Crippen molar-refractivity contribution in [3.8, 4) is 10.7 Å². The molecule has 0 bridgehead atoms. The third kappa shape index (κ3) is 3.12. The standard InChI is InChI=1S/C15H15N5OS.ClH/c16-15(5-3-6-15)14-19-12(21-20-14)8-10-9-22-13(18-10)11-4-1-2-7-17-11;/h1-2,4,7,9H,3,5-6,8,16H2;1H. The highest BCUT2D eigenvalue weighted by Gasteiger charge is 2.38. The maximum absolute atomic E-state index is 6.20. The molecule has 8 heteroatoms. The van der Waals surface area contributed by atoms with Crippen LogP contribution >= 0.6 is 23.7 Å². The molecule has 0 unspecified atom stereocenters. The maximum Gasteiger partial charge on any atom is 0.232 e. The van der Waals surface area contributed by atoms with Gasteiger partial charge in [0.05, 0.1) is 23.3 Å². The van der Waals surface area contributed by atoms with Gasteiger partial charge in [0.2, 0.25) is 5.89 Å². The van der Waals surface area contributed by atoms with E-state index in [0.29, 0.717) is 18.1 Å². The Morgan fingerprint density at radius 1 is 1.26 bits per heavy atom. The molecule has 1 fully saturated rings. The van der Waals surface area contributed by atoms with Gasteiger partial charge >= 0.3 is 0 Å². The molecular weight excluding hydrogens is 334 g/mol. The lowest BCUT2D eigenvalue weighted by atomic mass is 9.77. The summed E-state index contributed by atoms with van der Waals surface area (Å²) < 4.78 is 5.31. The summed E-state index contributed by atoms with van der Waals surface area (Å²) >= 11 is 1.56. The molecule has 0 atom stereocenters. The van der Waals surface area contributed by atoms with Crippen molar-refractivity contribution in [1.29, 1.82) is 0 Å². The van der Waals surface area contributed by atoms with Gasteiger partial charge in [-0.2, -0.15) is 4.98 Å². The van der Waals surface area contributed by atoms with E-state index in [2.05, 4.69) is 20.1 Å². The van der Waals surface area contributed by atoms with E-state index in [1.807, 2.05) is 23.6 Å². The molecule has 1 aliphatic carbocycles. The molecule has 23 heavy (non-hydrogen) atoms. The first-order chi connectivity index (χ1) is 10.7. The SMILES string of the molecule is Cl.NC1(c2noc(Cc3csc(-c4ccccn4)n3)n2)CCC1. The average Bonchev–Trinajstić information content (AvgIpc) is 3.16. The molecule has 3 heterocycles. The van der Waals surface area contributed by atoms with Crippen molar-refractivity contribution in [2.24, 2.45) is 5.73 Å². The highest BCUT2D eigenvalue weighted by molar-refractivity contribution is 7.13. The highest BCUT2D eigenvalue weighted by atomic mass is 35.5. The number of rotatable bonds is 4. The van der Waals surface area contributed by atoms with E-state index in [-0.39, 0.29) is 17.9 Å². The molecule has 3 aromatic rings. The van der Waals surface area contributed by atoms with Crippen molar-refractivity contribution in [3.05, 3.63) is 47.2 Å². The van der Waals surface area contributed by atoms with Crippen LogP contribution in [-0.2, 0) is 12.0 Å². The van der Waals surface area contributed by atoms with Crippen LogP contribution in [0.5, 0.6) is 0 Å². The second kappa shape index (κ2) is 6.35. The van der Waals surface area contributed by atoms with Gasteiger partial charge in [0.15, 0.2) is 5.82 Å². The third-order valence-corrected chi connectivity index (χ3v) is 4.84. The summed E-state index contributed by atoms with van der Waals surface area (Å²) in [5.74, 6) is 1.18. The van der Waals surface area contributed by atoms with Crippen LogP contribution in [0.15, 0.2) is 34.3 Å². The fourth-order valence-electron chi connectivity index (χ4n) is 2.46. The molecule has 0 aliphatic heterocycles. The first-order valence-electron chi connectivity index (χ1n) is 7.21. The molecule has 0 saturated heterocycles. The average molecular weight is 350 g/mol. The zero-order valence-corrected chi connectivity index (χ0v) is 13.9. The summed E-state index contributed by atoms with van der Waals surface area (Å²) in [6.45, 7) is 0. The Kier molecular flexibility index (Phi) is 4.43. The van der Waals surface area contributed by atoms with E-state index in [9.17, 15) is 0 Å². The van der Waals surface area contributed by atoms with Crippen molar-refractivity contribution in [2.75, 3.05) is 0 Å². The zero-order chi connectivity index (χ0) is 15.0. The van der Waals surface area contributed by atoms with Gasteiger partial charge in [-0.05, 0) is 31.4 Å². The molecule has 6 nitrogen and oxygen atoms in total. The molecule has 1 saturated carbocycles. The number of hydrogen-bond acceptors (Lipinski definition) is 7. The molecule has 2 N–H and O–H groups in total. The fourth-order valence-corrected chi connectivity index (χ4v) is 3.26. The molecule has 0 spiro atoms. The Hall–Kier alpha value is -1.83. The molecule has 1 aliphatic rings. The van der Waals surface area contributed by atoms with Crippen LogP contribution in [0, 0.1) is 0 Å². The number of pyridine rings is 1. The first-order valence-corrected chi connectivity index (χ1v) is 8.09. The predicted octanol–water partition coefficient (Wildman–Crippen LogP) is 2.94. The molecule has 0 aromatic carbocycles. The quantitative estimate of drug-likeness (QED) is 0.778. The van der Waals surface area contributed by atoms with Crippen molar-refractivity contribution in [1.82, 2.24) is 20.1 Å². The topological polar surface area (TPSA) is 90.7 Å². The maximum atomic E-state index is 6.20. The van der Waals surface area contributed by atoms with Gasteiger partial charge in [-0.3, -0.25) is 4.98 Å². The van der Waals surface area contributed by atoms with E-state index in [4.69, 9.17) is 10.3 Å². The van der Waals surface area contributed by atoms with Crippen LogP contribution in [0.4, 0.5) is 0 Å². The number of thiazole rings is 1. The summed E-state index contributed by atoms with van der Waals surface area (Å²) in [4.78, 5) is 13.3. The van der Waals surface area contributed by atoms with Crippen molar-refractivity contribution < 1.29 is 4.52 Å². The van der Waals surface area contributed by atoms with E-state index in [1.165, 1.54) is 0 Å². The van der Waals surface area contributed by atoms with E-state index < -0.39 is 0 Å². The van der Waals surface area contributed by atoms with Crippen molar-refractivity contribution >= 4 is 23.7 Å². The number of nitrogens with two attached hydrogens (primary N) is 1. The number of aromatic nitrogens is 4. The Bertz CT molecular complexity index is 784. The van der Waals surface area contributed by atoms with Crippen molar-refractivity contribution in [3.63, 3.8) is 0 Å². The summed E-state index contributed by atoms with van der Waals surface area (Å²) in [6, 6.07) is 5.79. The monoisotopic (exact) mass is 349 g/mol. The lowest BCUT2D eigenvalue weighted by Crippen LogP contribution is -2.44. The Morgan fingerprint density at radius 3 is 2.83 bits per heavy atom. The van der Waals surface area contributed by atoms with Crippen molar-refractivity contribution in [2.45, 2.75) is 31.2 Å². The molecule has 3 aromatic heterocycles. The van der Waals surface area contributed by atoms with Gasteiger partial charge in [0.25, 0.3) is 0 Å². The van der Waals surface area contributed by atoms with Gasteiger partial charge in [0.1, 0.15) is 5.01 Å². The van der Waals surface area contributed by atoms with Gasteiger partial charge in [-0.25, -0.2) is 4.98 Å². The Morgan fingerprint density at radius 2 is 2.13 bits per heavy atom. The fraction of sp³-hybridized carbons (Fsp3) is 0.333.